The van der Waals surface area contributed by atoms with Gasteiger partial charge in [0.25, 0.3) is 0 Å². The van der Waals surface area contributed by atoms with E-state index in [4.69, 9.17) is 5.73 Å². The first-order valence-electron chi connectivity index (χ1n) is 6.82. The zero-order valence-electron chi connectivity index (χ0n) is 12.5. The van der Waals surface area contributed by atoms with Crippen molar-refractivity contribution in [3.8, 4) is 0 Å². The molecule has 2 rings (SSSR count). The fourth-order valence-electron chi connectivity index (χ4n) is 2.35. The maximum Gasteiger partial charge on any atom is 0.247 e. The highest BCUT2D eigenvalue weighted by atomic mass is 16.1. The van der Waals surface area contributed by atoms with Crippen LogP contribution in [-0.2, 0) is 11.8 Å². The Hall–Kier alpha value is -2.04. The molecule has 0 bridgehead atoms. The van der Waals surface area contributed by atoms with Gasteiger partial charge in [-0.05, 0) is 24.8 Å². The minimum atomic E-state index is -0.118. The van der Waals surface area contributed by atoms with E-state index in [2.05, 4.69) is 37.7 Å². The number of H-pyrrole nitrogens is 1. The Balaban J connectivity index is 2.25. The molecule has 20 heavy (non-hydrogen) atoms. The average Bonchev–Trinajstić information content (AvgIpc) is 2.70. The van der Waals surface area contributed by atoms with Gasteiger partial charge in [0.05, 0.1) is 5.69 Å². The van der Waals surface area contributed by atoms with Crippen LogP contribution in [0, 0.1) is 0 Å². The second-order valence-corrected chi connectivity index (χ2v) is 6.09. The van der Waals surface area contributed by atoms with Crippen LogP contribution < -0.4 is 11.3 Å². The molecule has 0 aliphatic rings. The van der Waals surface area contributed by atoms with Crippen molar-refractivity contribution < 1.29 is 0 Å². The van der Waals surface area contributed by atoms with E-state index < -0.39 is 0 Å². The summed E-state index contributed by atoms with van der Waals surface area (Å²) in [6.45, 7) is 8.42. The van der Waals surface area contributed by atoms with Gasteiger partial charge >= 0.3 is 0 Å². The summed E-state index contributed by atoms with van der Waals surface area (Å²) < 4.78 is 1.97. The van der Waals surface area contributed by atoms with Gasteiger partial charge in [0.15, 0.2) is 0 Å². The lowest BCUT2D eigenvalue weighted by Gasteiger charge is -2.23. The molecule has 0 aliphatic carbocycles. The van der Waals surface area contributed by atoms with Crippen LogP contribution in [0.3, 0.4) is 0 Å². The van der Waals surface area contributed by atoms with E-state index in [9.17, 15) is 4.79 Å². The normalized spacial score (nSPS) is 12.1. The molecule has 0 aliphatic heterocycles. The molecule has 2 aromatic rings. The summed E-state index contributed by atoms with van der Waals surface area (Å²) in [5.74, 6) is 0.548. The molecule has 2 heterocycles. The Labute approximate surface area is 118 Å². The molecule has 0 saturated carbocycles. The maximum atomic E-state index is 11.1. The van der Waals surface area contributed by atoms with E-state index >= 15 is 0 Å². The van der Waals surface area contributed by atoms with Crippen LogP contribution in [-0.4, -0.2) is 14.5 Å². The van der Waals surface area contributed by atoms with Crippen molar-refractivity contribution in [3.05, 3.63) is 46.1 Å². The van der Waals surface area contributed by atoms with Gasteiger partial charge in [0.2, 0.25) is 11.5 Å². The number of pyridine rings is 1. The Morgan fingerprint density at radius 2 is 2.10 bits per heavy atom. The molecule has 108 valence electrons. The molecule has 2 aromatic heterocycles. The van der Waals surface area contributed by atoms with Gasteiger partial charge in [-0.2, -0.15) is 0 Å². The Kier molecular flexibility index (Phi) is 3.70. The number of aromatic amines is 1. The molecule has 0 aromatic carbocycles. The molecule has 0 amide bonds. The molecule has 0 saturated heterocycles. The number of aromatic nitrogens is 3. The number of nitrogens with zero attached hydrogens (tertiary/aromatic N) is 2. The predicted molar refractivity (Wildman–Crippen MR) is 80.8 cm³/mol. The summed E-state index contributed by atoms with van der Waals surface area (Å²) in [5, 5.41) is 0. The van der Waals surface area contributed by atoms with Gasteiger partial charge < -0.3 is 15.3 Å². The van der Waals surface area contributed by atoms with Crippen LogP contribution in [0.5, 0.6) is 0 Å². The number of imidazole rings is 1. The molecule has 5 nitrogen and oxygen atoms in total. The molecule has 0 fully saturated rings. The number of hydrogen-bond donors (Lipinski definition) is 2. The average molecular weight is 274 g/mol. The summed E-state index contributed by atoms with van der Waals surface area (Å²) in [5.41, 5.74) is 7.76. The number of nitrogen functional groups attached to an aromatic ring is 1. The molecule has 3 N–H and O–H groups in total. The van der Waals surface area contributed by atoms with Crippen molar-refractivity contribution >= 4 is 5.95 Å². The van der Waals surface area contributed by atoms with Crippen molar-refractivity contribution in [2.45, 2.75) is 45.6 Å². The van der Waals surface area contributed by atoms with Gasteiger partial charge in [-0.25, -0.2) is 4.98 Å². The second kappa shape index (κ2) is 5.15. The first kappa shape index (κ1) is 14.4. The van der Waals surface area contributed by atoms with Crippen LogP contribution in [0.25, 0.3) is 0 Å². The summed E-state index contributed by atoms with van der Waals surface area (Å²) in [6.07, 6.45) is 4.54. The van der Waals surface area contributed by atoms with Crippen molar-refractivity contribution in [1.82, 2.24) is 14.5 Å². The molecule has 0 unspecified atom stereocenters. The van der Waals surface area contributed by atoms with Crippen LogP contribution >= 0.6 is 0 Å². The van der Waals surface area contributed by atoms with Crippen molar-refractivity contribution in [2.75, 3.05) is 5.73 Å². The van der Waals surface area contributed by atoms with E-state index in [1.165, 1.54) is 0 Å². The van der Waals surface area contributed by atoms with Gasteiger partial charge in [-0.1, -0.05) is 19.9 Å². The fraction of sp³-hybridized carbons (Fsp3) is 0.467. The summed E-state index contributed by atoms with van der Waals surface area (Å²) >= 11 is 0. The lowest BCUT2D eigenvalue weighted by atomic mass is 9.81. The number of hydrogen-bond acceptors (Lipinski definition) is 3. The number of anilines is 1. The molecule has 0 atom stereocenters. The van der Waals surface area contributed by atoms with Crippen molar-refractivity contribution in [2.24, 2.45) is 0 Å². The summed E-state index contributed by atoms with van der Waals surface area (Å²) in [4.78, 5) is 18.3. The third-order valence-corrected chi connectivity index (χ3v) is 3.56. The smallest absolute Gasteiger partial charge is 0.247 e. The van der Waals surface area contributed by atoms with E-state index in [-0.39, 0.29) is 11.0 Å². The molecular formula is C15H22N4O. The van der Waals surface area contributed by atoms with Crippen LogP contribution in [0.2, 0.25) is 0 Å². The first-order chi connectivity index (χ1) is 9.29. The van der Waals surface area contributed by atoms with Gasteiger partial charge in [-0.15, -0.1) is 0 Å². The lowest BCUT2D eigenvalue weighted by Crippen LogP contribution is -2.22. The van der Waals surface area contributed by atoms with Gasteiger partial charge in [0.1, 0.15) is 0 Å². The summed E-state index contributed by atoms with van der Waals surface area (Å²) in [7, 11) is 0. The maximum absolute atomic E-state index is 11.1. The molecule has 5 heteroatoms. The standard InChI is InChI=1S/C15H22N4O/c1-10(2)19-9-12(18-14(19)16)7-15(3,4)11-5-6-13(20)17-8-11/h5-6,8-10H,7H2,1-4H3,(H2,16,18)(H,17,20). The molecular weight excluding hydrogens is 252 g/mol. The molecule has 0 radical (unpaired) electrons. The SMILES string of the molecule is CC(C)n1cc(CC(C)(C)c2ccc(=O)[nH]c2)nc1N. The third kappa shape index (κ3) is 2.92. The highest BCUT2D eigenvalue weighted by Gasteiger charge is 2.23. The quantitative estimate of drug-likeness (QED) is 0.897. The zero-order valence-corrected chi connectivity index (χ0v) is 12.5. The first-order valence-corrected chi connectivity index (χ1v) is 6.82. The van der Waals surface area contributed by atoms with E-state index in [1.54, 1.807) is 12.3 Å². The van der Waals surface area contributed by atoms with Crippen molar-refractivity contribution in [1.29, 1.82) is 0 Å². The van der Waals surface area contributed by atoms with Crippen LogP contribution in [0.4, 0.5) is 5.95 Å². The van der Waals surface area contributed by atoms with E-state index in [0.29, 0.717) is 12.0 Å². The minimum Gasteiger partial charge on any atom is -0.369 e. The molecule has 0 spiro atoms. The fourth-order valence-corrected chi connectivity index (χ4v) is 2.35. The number of rotatable bonds is 4. The van der Waals surface area contributed by atoms with E-state index in [1.807, 2.05) is 16.8 Å². The van der Waals surface area contributed by atoms with Crippen LogP contribution in [0.1, 0.15) is 45.0 Å². The third-order valence-electron chi connectivity index (χ3n) is 3.56. The van der Waals surface area contributed by atoms with Crippen molar-refractivity contribution in [3.63, 3.8) is 0 Å². The Bertz CT molecular complexity index is 632. The highest BCUT2D eigenvalue weighted by molar-refractivity contribution is 5.27. The Morgan fingerprint density at radius 3 is 2.60 bits per heavy atom. The van der Waals surface area contributed by atoms with Gasteiger partial charge in [0, 0.05) is 30.9 Å². The zero-order chi connectivity index (χ0) is 14.9. The topological polar surface area (TPSA) is 76.7 Å². The number of nitrogens with two attached hydrogens (primary N) is 1. The second-order valence-electron chi connectivity index (χ2n) is 6.09. The minimum absolute atomic E-state index is 0.0853. The Morgan fingerprint density at radius 1 is 1.40 bits per heavy atom. The van der Waals surface area contributed by atoms with Gasteiger partial charge in [-0.3, -0.25) is 4.79 Å². The van der Waals surface area contributed by atoms with Crippen LogP contribution in [0.15, 0.2) is 29.3 Å². The lowest BCUT2D eigenvalue weighted by molar-refractivity contribution is 0.513. The summed E-state index contributed by atoms with van der Waals surface area (Å²) in [6, 6.07) is 3.72. The monoisotopic (exact) mass is 274 g/mol. The highest BCUT2D eigenvalue weighted by Crippen LogP contribution is 2.27. The largest absolute Gasteiger partial charge is 0.369 e. The van der Waals surface area contributed by atoms with E-state index in [0.717, 1.165) is 17.7 Å². The number of nitrogens with one attached hydrogen (secondary N) is 1. The predicted octanol–water partition coefficient (Wildman–Crippen LogP) is 2.25.